The number of benzene rings is 2. The lowest BCUT2D eigenvalue weighted by atomic mass is 10.1. The minimum Gasteiger partial charge on any atom is -0.493 e. The Balaban J connectivity index is 0.00000420. The topological polar surface area (TPSA) is 64.1 Å². The van der Waals surface area contributed by atoms with Crippen LogP contribution in [0.25, 0.3) is 0 Å². The van der Waals surface area contributed by atoms with Crippen LogP contribution in [0.5, 0.6) is 11.5 Å². The summed E-state index contributed by atoms with van der Waals surface area (Å²) in [7, 11) is 5.00. The minimum absolute atomic E-state index is 0. The summed E-state index contributed by atoms with van der Waals surface area (Å²) in [5, 5.41) is 6.69. The van der Waals surface area contributed by atoms with Crippen LogP contribution in [0, 0.1) is 0 Å². The van der Waals surface area contributed by atoms with Crippen LogP contribution in [0.3, 0.4) is 0 Å². The van der Waals surface area contributed by atoms with E-state index in [-0.39, 0.29) is 24.0 Å². The van der Waals surface area contributed by atoms with Crippen molar-refractivity contribution in [3.63, 3.8) is 0 Å². The first kappa shape index (κ1) is 25.0. The van der Waals surface area contributed by atoms with Crippen LogP contribution in [-0.2, 0) is 24.3 Å². The van der Waals surface area contributed by atoms with E-state index in [1.54, 1.807) is 21.3 Å². The Bertz CT molecular complexity index is 769. The fourth-order valence-corrected chi connectivity index (χ4v) is 2.88. The maximum absolute atomic E-state index is 5.37. The Labute approximate surface area is 191 Å². The number of aliphatic imine (C=N–C) groups is 1. The molecule has 2 rings (SSSR count). The Morgan fingerprint density at radius 2 is 1.66 bits per heavy atom. The maximum atomic E-state index is 5.37. The van der Waals surface area contributed by atoms with Gasteiger partial charge in [0.1, 0.15) is 0 Å². The first-order chi connectivity index (χ1) is 13.7. The number of nitrogens with one attached hydrogen (secondary N) is 2. The van der Waals surface area contributed by atoms with Crippen LogP contribution >= 0.6 is 24.0 Å². The quantitative estimate of drug-likeness (QED) is 0.288. The molecule has 0 fully saturated rings. The summed E-state index contributed by atoms with van der Waals surface area (Å²) in [6.45, 7) is 4.83. The van der Waals surface area contributed by atoms with Crippen molar-refractivity contribution in [3.8, 4) is 11.5 Å². The maximum Gasteiger partial charge on any atom is 0.191 e. The lowest BCUT2D eigenvalue weighted by Gasteiger charge is -2.13. The molecule has 0 saturated heterocycles. The molecule has 0 bridgehead atoms. The summed E-state index contributed by atoms with van der Waals surface area (Å²) in [4.78, 5) is 4.71. The average molecular weight is 513 g/mol. The van der Waals surface area contributed by atoms with Crippen LogP contribution in [0.4, 0.5) is 0 Å². The molecule has 0 radical (unpaired) electrons. The predicted molar refractivity (Wildman–Crippen MR) is 129 cm³/mol. The Morgan fingerprint density at radius 1 is 0.931 bits per heavy atom. The number of methoxy groups -OCH3 is 3. The molecule has 0 aliphatic carbocycles. The van der Waals surface area contributed by atoms with Gasteiger partial charge in [0.15, 0.2) is 17.5 Å². The van der Waals surface area contributed by atoms with Crippen molar-refractivity contribution >= 4 is 29.9 Å². The van der Waals surface area contributed by atoms with E-state index in [1.807, 2.05) is 30.3 Å². The standard InChI is InChI=1S/C22H31N3O3.HI/c1-5-23-22(25-15-18-8-6-7-9-19(18)16-26-2)24-13-12-17-10-11-20(27-3)21(14-17)28-4;/h6-11,14H,5,12-13,15-16H2,1-4H3,(H2,23,24,25);1H. The number of nitrogens with zero attached hydrogens (tertiary/aromatic N) is 1. The molecule has 0 unspecified atom stereocenters. The van der Waals surface area contributed by atoms with E-state index >= 15 is 0 Å². The number of halogens is 1. The molecule has 2 aromatic carbocycles. The lowest BCUT2D eigenvalue weighted by molar-refractivity contribution is 0.184. The molecule has 0 saturated carbocycles. The molecule has 0 aromatic heterocycles. The molecule has 0 aliphatic rings. The zero-order valence-corrected chi connectivity index (χ0v) is 20.0. The monoisotopic (exact) mass is 513 g/mol. The SMILES string of the molecule is CCNC(=NCc1ccccc1COC)NCCc1ccc(OC)c(OC)c1.I. The molecular weight excluding hydrogens is 481 g/mol. The van der Waals surface area contributed by atoms with E-state index in [9.17, 15) is 0 Å². The molecule has 160 valence electrons. The first-order valence-electron chi connectivity index (χ1n) is 9.50. The van der Waals surface area contributed by atoms with Crippen LogP contribution in [-0.4, -0.2) is 40.4 Å². The molecule has 29 heavy (non-hydrogen) atoms. The minimum atomic E-state index is 0. The number of rotatable bonds is 10. The van der Waals surface area contributed by atoms with Gasteiger partial charge in [-0.1, -0.05) is 30.3 Å². The molecule has 6 nitrogen and oxygen atoms in total. The largest absolute Gasteiger partial charge is 0.493 e. The summed E-state index contributed by atoms with van der Waals surface area (Å²) < 4.78 is 15.9. The van der Waals surface area contributed by atoms with Crippen LogP contribution in [0.15, 0.2) is 47.5 Å². The summed E-state index contributed by atoms with van der Waals surface area (Å²) in [5.41, 5.74) is 3.50. The first-order valence-corrected chi connectivity index (χ1v) is 9.50. The Morgan fingerprint density at radius 3 is 2.31 bits per heavy atom. The van der Waals surface area contributed by atoms with Crippen molar-refractivity contribution in [3.05, 3.63) is 59.2 Å². The van der Waals surface area contributed by atoms with Crippen LogP contribution in [0.1, 0.15) is 23.6 Å². The Kier molecular flexibility index (Phi) is 12.1. The summed E-state index contributed by atoms with van der Waals surface area (Å²) in [5.74, 6) is 2.29. The van der Waals surface area contributed by atoms with Crippen molar-refractivity contribution in [2.24, 2.45) is 4.99 Å². The van der Waals surface area contributed by atoms with E-state index < -0.39 is 0 Å². The summed E-state index contributed by atoms with van der Waals surface area (Å²) in [6.07, 6.45) is 0.852. The van der Waals surface area contributed by atoms with Gasteiger partial charge in [0.2, 0.25) is 0 Å². The predicted octanol–water partition coefficient (Wildman–Crippen LogP) is 3.77. The highest BCUT2D eigenvalue weighted by Gasteiger charge is 2.06. The smallest absolute Gasteiger partial charge is 0.191 e. The number of ether oxygens (including phenoxy) is 3. The van der Waals surface area contributed by atoms with Crippen molar-refractivity contribution in [1.29, 1.82) is 0 Å². The third-order valence-electron chi connectivity index (χ3n) is 4.32. The zero-order valence-electron chi connectivity index (χ0n) is 17.7. The normalized spacial score (nSPS) is 10.8. The second-order valence-electron chi connectivity index (χ2n) is 6.26. The van der Waals surface area contributed by atoms with Crippen LogP contribution < -0.4 is 20.1 Å². The second-order valence-corrected chi connectivity index (χ2v) is 6.26. The van der Waals surface area contributed by atoms with Gasteiger partial charge in [-0.25, -0.2) is 4.99 Å². The summed E-state index contributed by atoms with van der Waals surface area (Å²) in [6, 6.07) is 14.2. The lowest BCUT2D eigenvalue weighted by Crippen LogP contribution is -2.38. The van der Waals surface area contributed by atoms with Crippen LogP contribution in [0.2, 0.25) is 0 Å². The highest BCUT2D eigenvalue weighted by Crippen LogP contribution is 2.27. The molecular formula is C22H32IN3O3. The van der Waals surface area contributed by atoms with Gasteiger partial charge < -0.3 is 24.8 Å². The van der Waals surface area contributed by atoms with Gasteiger partial charge in [0.05, 0.1) is 27.4 Å². The third kappa shape index (κ3) is 8.10. The highest BCUT2D eigenvalue weighted by atomic mass is 127. The van der Waals surface area contributed by atoms with E-state index in [0.717, 1.165) is 42.5 Å². The summed E-state index contributed by atoms with van der Waals surface area (Å²) >= 11 is 0. The molecule has 2 N–H and O–H groups in total. The number of guanidine groups is 1. The van der Waals surface area contributed by atoms with Gasteiger partial charge in [-0.05, 0) is 42.2 Å². The molecule has 7 heteroatoms. The van der Waals surface area contributed by atoms with Crippen molar-refractivity contribution < 1.29 is 14.2 Å². The molecule has 0 spiro atoms. The molecule has 2 aromatic rings. The van der Waals surface area contributed by atoms with Crippen molar-refractivity contribution in [1.82, 2.24) is 10.6 Å². The molecule has 0 aliphatic heterocycles. The third-order valence-corrected chi connectivity index (χ3v) is 4.32. The fourth-order valence-electron chi connectivity index (χ4n) is 2.88. The van der Waals surface area contributed by atoms with Gasteiger partial charge >= 0.3 is 0 Å². The van der Waals surface area contributed by atoms with Gasteiger partial charge in [-0.3, -0.25) is 0 Å². The Hall–Kier alpha value is -2.00. The second kappa shape index (κ2) is 14.1. The van der Waals surface area contributed by atoms with E-state index in [2.05, 4.69) is 29.7 Å². The average Bonchev–Trinajstić information content (AvgIpc) is 2.73. The number of hydrogen-bond acceptors (Lipinski definition) is 4. The van der Waals surface area contributed by atoms with Gasteiger partial charge in [0.25, 0.3) is 0 Å². The van der Waals surface area contributed by atoms with Gasteiger partial charge in [0, 0.05) is 20.2 Å². The van der Waals surface area contributed by atoms with E-state index in [4.69, 9.17) is 19.2 Å². The van der Waals surface area contributed by atoms with E-state index in [1.165, 1.54) is 11.1 Å². The molecule has 0 atom stereocenters. The molecule has 0 heterocycles. The fraction of sp³-hybridized carbons (Fsp3) is 0.409. The highest BCUT2D eigenvalue weighted by molar-refractivity contribution is 14.0. The van der Waals surface area contributed by atoms with Gasteiger partial charge in [-0.15, -0.1) is 24.0 Å². The van der Waals surface area contributed by atoms with Crippen molar-refractivity contribution in [2.75, 3.05) is 34.4 Å². The number of hydrogen-bond donors (Lipinski definition) is 2. The van der Waals surface area contributed by atoms with E-state index in [0.29, 0.717) is 13.2 Å². The van der Waals surface area contributed by atoms with Gasteiger partial charge in [-0.2, -0.15) is 0 Å². The zero-order chi connectivity index (χ0) is 20.2. The molecule has 0 amide bonds. The van der Waals surface area contributed by atoms with Crippen molar-refractivity contribution in [2.45, 2.75) is 26.5 Å².